The van der Waals surface area contributed by atoms with Crippen LogP contribution in [0.5, 0.6) is 17.2 Å². The molecule has 0 heterocycles. The lowest BCUT2D eigenvalue weighted by molar-refractivity contribution is 0.361. The highest BCUT2D eigenvalue weighted by molar-refractivity contribution is 5.85. The first-order chi connectivity index (χ1) is 8.69. The molecule has 0 unspecified atom stereocenters. The Hall–Kier alpha value is -1.13. The molecule has 1 aromatic carbocycles. The van der Waals surface area contributed by atoms with E-state index in [2.05, 4.69) is 0 Å². The van der Waals surface area contributed by atoms with Crippen molar-refractivity contribution in [2.45, 2.75) is 25.3 Å². The van der Waals surface area contributed by atoms with Gasteiger partial charge >= 0.3 is 0 Å². The summed E-state index contributed by atoms with van der Waals surface area (Å²) in [6, 6.07) is 3.66. The highest BCUT2D eigenvalue weighted by Gasteiger charge is 2.28. The first-order valence-corrected chi connectivity index (χ1v) is 6.25. The van der Waals surface area contributed by atoms with Gasteiger partial charge in [0.05, 0.1) is 26.9 Å². The van der Waals surface area contributed by atoms with Crippen molar-refractivity contribution in [2.24, 2.45) is 11.7 Å². The molecule has 0 saturated heterocycles. The Labute approximate surface area is 120 Å². The zero-order valence-electron chi connectivity index (χ0n) is 11.6. The second-order valence-corrected chi connectivity index (χ2v) is 4.73. The van der Waals surface area contributed by atoms with Gasteiger partial charge in [-0.05, 0) is 12.3 Å². The SMILES string of the molecule is COc1cc(OC)c([C@@H](N)CC2CC2)c(OC)c1.Cl. The first kappa shape index (κ1) is 15.9. The van der Waals surface area contributed by atoms with Gasteiger partial charge in [0.25, 0.3) is 0 Å². The summed E-state index contributed by atoms with van der Waals surface area (Å²) in [4.78, 5) is 0. The van der Waals surface area contributed by atoms with E-state index in [1.54, 1.807) is 21.3 Å². The van der Waals surface area contributed by atoms with Gasteiger partial charge in [-0.3, -0.25) is 0 Å². The minimum absolute atomic E-state index is 0. The van der Waals surface area contributed by atoms with E-state index in [9.17, 15) is 0 Å². The van der Waals surface area contributed by atoms with Crippen LogP contribution in [0.4, 0.5) is 0 Å². The van der Waals surface area contributed by atoms with Gasteiger partial charge < -0.3 is 19.9 Å². The fourth-order valence-electron chi connectivity index (χ4n) is 2.23. The van der Waals surface area contributed by atoms with Crippen LogP contribution in [-0.4, -0.2) is 21.3 Å². The van der Waals surface area contributed by atoms with Crippen LogP contribution in [-0.2, 0) is 0 Å². The van der Waals surface area contributed by atoms with Crippen molar-refractivity contribution in [3.8, 4) is 17.2 Å². The zero-order chi connectivity index (χ0) is 13.1. The first-order valence-electron chi connectivity index (χ1n) is 6.25. The summed E-state index contributed by atoms with van der Waals surface area (Å²) in [5.74, 6) is 2.95. The Morgan fingerprint density at radius 2 is 1.63 bits per heavy atom. The van der Waals surface area contributed by atoms with Gasteiger partial charge in [-0.15, -0.1) is 12.4 Å². The third-order valence-electron chi connectivity index (χ3n) is 3.41. The molecule has 0 bridgehead atoms. The molecule has 4 nitrogen and oxygen atoms in total. The van der Waals surface area contributed by atoms with Gasteiger partial charge in [0.2, 0.25) is 0 Å². The standard InChI is InChI=1S/C14H21NO3.ClH/c1-16-10-7-12(17-2)14(13(8-10)18-3)11(15)6-9-4-5-9;/h7-9,11H,4-6,15H2,1-3H3;1H/t11-;/m0./s1. The maximum Gasteiger partial charge on any atom is 0.131 e. The van der Waals surface area contributed by atoms with Crippen LogP contribution >= 0.6 is 12.4 Å². The van der Waals surface area contributed by atoms with E-state index in [0.717, 1.165) is 29.4 Å². The summed E-state index contributed by atoms with van der Waals surface area (Å²) in [5.41, 5.74) is 7.22. The van der Waals surface area contributed by atoms with Crippen molar-refractivity contribution in [3.05, 3.63) is 17.7 Å². The van der Waals surface area contributed by atoms with E-state index >= 15 is 0 Å². The molecule has 0 spiro atoms. The quantitative estimate of drug-likeness (QED) is 0.874. The molecule has 5 heteroatoms. The largest absolute Gasteiger partial charge is 0.496 e. The van der Waals surface area contributed by atoms with Crippen LogP contribution in [0.2, 0.25) is 0 Å². The van der Waals surface area contributed by atoms with Crippen molar-refractivity contribution in [1.82, 2.24) is 0 Å². The molecule has 1 atom stereocenters. The van der Waals surface area contributed by atoms with E-state index in [0.29, 0.717) is 5.75 Å². The predicted molar refractivity (Wildman–Crippen MR) is 77.6 cm³/mol. The van der Waals surface area contributed by atoms with Crippen LogP contribution in [0.3, 0.4) is 0 Å². The van der Waals surface area contributed by atoms with E-state index in [-0.39, 0.29) is 18.4 Å². The van der Waals surface area contributed by atoms with Crippen molar-refractivity contribution < 1.29 is 14.2 Å². The molecule has 0 aromatic heterocycles. The summed E-state index contributed by atoms with van der Waals surface area (Å²) in [6.45, 7) is 0. The molecule has 19 heavy (non-hydrogen) atoms. The molecule has 0 radical (unpaired) electrons. The van der Waals surface area contributed by atoms with Crippen LogP contribution in [0.1, 0.15) is 30.9 Å². The van der Waals surface area contributed by atoms with Crippen LogP contribution < -0.4 is 19.9 Å². The van der Waals surface area contributed by atoms with Crippen LogP contribution in [0.15, 0.2) is 12.1 Å². The summed E-state index contributed by atoms with van der Waals surface area (Å²) in [5, 5.41) is 0. The lowest BCUT2D eigenvalue weighted by Gasteiger charge is -2.19. The molecule has 2 rings (SSSR count). The number of ether oxygens (including phenoxy) is 3. The Kier molecular flexibility index (Phi) is 5.76. The second-order valence-electron chi connectivity index (χ2n) is 4.73. The van der Waals surface area contributed by atoms with Gasteiger partial charge in [0, 0.05) is 18.2 Å². The van der Waals surface area contributed by atoms with Crippen LogP contribution in [0.25, 0.3) is 0 Å². The number of nitrogens with two attached hydrogens (primary N) is 1. The Balaban J connectivity index is 0.00000180. The topological polar surface area (TPSA) is 53.7 Å². The molecule has 1 aliphatic rings. The molecule has 1 saturated carbocycles. The fraction of sp³-hybridized carbons (Fsp3) is 0.571. The van der Waals surface area contributed by atoms with Gasteiger partial charge in [0.1, 0.15) is 17.2 Å². The minimum Gasteiger partial charge on any atom is -0.496 e. The number of hydrogen-bond donors (Lipinski definition) is 1. The van der Waals surface area contributed by atoms with Gasteiger partial charge in [-0.25, -0.2) is 0 Å². The van der Waals surface area contributed by atoms with Gasteiger partial charge in [-0.1, -0.05) is 12.8 Å². The van der Waals surface area contributed by atoms with Crippen molar-refractivity contribution in [3.63, 3.8) is 0 Å². The normalized spacial score (nSPS) is 15.4. The zero-order valence-corrected chi connectivity index (χ0v) is 12.5. The van der Waals surface area contributed by atoms with Crippen LogP contribution in [0, 0.1) is 5.92 Å². The second kappa shape index (κ2) is 6.87. The maximum absolute atomic E-state index is 6.28. The maximum atomic E-state index is 6.28. The lowest BCUT2D eigenvalue weighted by Crippen LogP contribution is -2.14. The summed E-state index contributed by atoms with van der Waals surface area (Å²) in [6.07, 6.45) is 3.56. The summed E-state index contributed by atoms with van der Waals surface area (Å²) in [7, 11) is 4.90. The lowest BCUT2D eigenvalue weighted by atomic mass is 9.99. The highest BCUT2D eigenvalue weighted by atomic mass is 35.5. The van der Waals surface area contributed by atoms with E-state index in [4.69, 9.17) is 19.9 Å². The number of benzene rings is 1. The minimum atomic E-state index is -0.0479. The average Bonchev–Trinajstić information content (AvgIpc) is 3.20. The molecule has 1 fully saturated rings. The smallest absolute Gasteiger partial charge is 0.131 e. The number of halogens is 1. The van der Waals surface area contributed by atoms with Crippen molar-refractivity contribution in [2.75, 3.05) is 21.3 Å². The molecular weight excluding hydrogens is 266 g/mol. The van der Waals surface area contributed by atoms with E-state index < -0.39 is 0 Å². The monoisotopic (exact) mass is 287 g/mol. The fourth-order valence-corrected chi connectivity index (χ4v) is 2.23. The molecule has 2 N–H and O–H groups in total. The van der Waals surface area contributed by atoms with Gasteiger partial charge in [-0.2, -0.15) is 0 Å². The molecule has 0 amide bonds. The molecular formula is C14H22ClNO3. The third kappa shape index (κ3) is 3.67. The molecule has 108 valence electrons. The molecule has 1 aromatic rings. The number of rotatable bonds is 6. The predicted octanol–water partition coefficient (Wildman–Crippen LogP) is 2.93. The number of methoxy groups -OCH3 is 3. The van der Waals surface area contributed by atoms with Gasteiger partial charge in [0.15, 0.2) is 0 Å². The van der Waals surface area contributed by atoms with Crippen molar-refractivity contribution >= 4 is 12.4 Å². The van der Waals surface area contributed by atoms with E-state index in [1.807, 2.05) is 12.1 Å². The summed E-state index contributed by atoms with van der Waals surface area (Å²) >= 11 is 0. The van der Waals surface area contributed by atoms with E-state index in [1.165, 1.54) is 12.8 Å². The number of hydrogen-bond acceptors (Lipinski definition) is 4. The average molecular weight is 288 g/mol. The third-order valence-corrected chi connectivity index (χ3v) is 3.41. The summed E-state index contributed by atoms with van der Waals surface area (Å²) < 4.78 is 16.1. The van der Waals surface area contributed by atoms with Crippen molar-refractivity contribution in [1.29, 1.82) is 0 Å². The Bertz CT molecular complexity index is 396. The Morgan fingerprint density at radius 1 is 1.11 bits per heavy atom. The highest BCUT2D eigenvalue weighted by Crippen LogP contribution is 2.43. The molecule has 0 aliphatic heterocycles. The molecule has 1 aliphatic carbocycles. The Morgan fingerprint density at radius 3 is 2.00 bits per heavy atom.